The monoisotopic (exact) mass is 539 g/mol. The molecule has 2 aromatic carbocycles. The van der Waals surface area contributed by atoms with Crippen LogP contribution in [0.3, 0.4) is 0 Å². The fraction of sp³-hybridized carbons (Fsp3) is 0.500. The van der Waals surface area contributed by atoms with Crippen molar-refractivity contribution >= 4 is 29.5 Å². The second-order valence-corrected chi connectivity index (χ2v) is 12.3. The lowest BCUT2D eigenvalue weighted by Gasteiger charge is -2.33. The molecule has 0 saturated carbocycles. The SMILES string of the molecule is CCCC(C)C(=O)N[C@@H](Cc1ccccc1)[C@H](O)C(=O)N1CSC(C)(C)C1C(=O)NCc1ccccc1C. The van der Waals surface area contributed by atoms with Crippen molar-refractivity contribution in [2.24, 2.45) is 5.92 Å². The maximum absolute atomic E-state index is 13.7. The van der Waals surface area contributed by atoms with Crippen molar-refractivity contribution in [1.29, 1.82) is 0 Å². The summed E-state index contributed by atoms with van der Waals surface area (Å²) in [5, 5.41) is 17.2. The minimum absolute atomic E-state index is 0.191. The van der Waals surface area contributed by atoms with E-state index in [1.165, 1.54) is 16.7 Å². The van der Waals surface area contributed by atoms with Crippen LogP contribution in [0.25, 0.3) is 0 Å². The third-order valence-electron chi connectivity index (χ3n) is 7.22. The van der Waals surface area contributed by atoms with Crippen molar-refractivity contribution in [3.8, 4) is 0 Å². The first-order valence-electron chi connectivity index (χ1n) is 13.3. The van der Waals surface area contributed by atoms with Gasteiger partial charge in [0.25, 0.3) is 5.91 Å². The Morgan fingerprint density at radius 3 is 2.42 bits per heavy atom. The molecule has 7 nitrogen and oxygen atoms in total. The number of hydrogen-bond donors (Lipinski definition) is 3. The number of aliphatic hydroxyl groups is 1. The Kier molecular flexibility index (Phi) is 10.4. The van der Waals surface area contributed by atoms with Crippen LogP contribution in [0.15, 0.2) is 54.6 Å². The van der Waals surface area contributed by atoms with Crippen molar-refractivity contribution in [1.82, 2.24) is 15.5 Å². The predicted octanol–water partition coefficient (Wildman–Crippen LogP) is 3.82. The Labute approximate surface area is 230 Å². The van der Waals surface area contributed by atoms with Gasteiger partial charge in [0.2, 0.25) is 11.8 Å². The number of aliphatic hydroxyl groups excluding tert-OH is 1. The van der Waals surface area contributed by atoms with E-state index in [2.05, 4.69) is 10.6 Å². The molecule has 0 radical (unpaired) electrons. The fourth-order valence-corrected chi connectivity index (χ4v) is 5.98. The summed E-state index contributed by atoms with van der Waals surface area (Å²) in [5.74, 6) is -0.957. The summed E-state index contributed by atoms with van der Waals surface area (Å²) in [5.41, 5.74) is 2.98. The number of aryl methyl sites for hydroxylation is 1. The molecule has 2 unspecified atom stereocenters. The smallest absolute Gasteiger partial charge is 0.254 e. The number of thioether (sulfide) groups is 1. The summed E-state index contributed by atoms with van der Waals surface area (Å²) in [7, 11) is 0. The molecule has 3 N–H and O–H groups in total. The maximum atomic E-state index is 13.7. The van der Waals surface area contributed by atoms with Crippen LogP contribution >= 0.6 is 11.8 Å². The second kappa shape index (κ2) is 13.3. The molecule has 206 valence electrons. The normalized spacial score (nSPS) is 18.9. The highest BCUT2D eigenvalue weighted by Gasteiger charge is 2.49. The first kappa shape index (κ1) is 29.7. The molecule has 2 aromatic rings. The lowest BCUT2D eigenvalue weighted by molar-refractivity contribution is -0.148. The molecular formula is C30H41N3O4S. The van der Waals surface area contributed by atoms with Gasteiger partial charge in [-0.15, -0.1) is 11.8 Å². The Balaban J connectivity index is 1.79. The first-order chi connectivity index (χ1) is 18.0. The van der Waals surface area contributed by atoms with Crippen molar-refractivity contribution < 1.29 is 19.5 Å². The maximum Gasteiger partial charge on any atom is 0.254 e. The third kappa shape index (κ3) is 7.38. The lowest BCUT2D eigenvalue weighted by Crippen LogP contribution is -2.59. The average Bonchev–Trinajstić information content (AvgIpc) is 3.22. The molecule has 1 saturated heterocycles. The first-order valence-corrected chi connectivity index (χ1v) is 14.3. The minimum Gasteiger partial charge on any atom is -0.381 e. The fourth-order valence-electron chi connectivity index (χ4n) is 4.84. The van der Waals surface area contributed by atoms with Gasteiger partial charge in [-0.3, -0.25) is 14.4 Å². The molecule has 0 spiro atoms. The zero-order valence-corrected chi connectivity index (χ0v) is 23.9. The second-order valence-electron chi connectivity index (χ2n) is 10.7. The highest BCUT2D eigenvalue weighted by Crippen LogP contribution is 2.40. The van der Waals surface area contributed by atoms with Gasteiger partial charge in [-0.25, -0.2) is 0 Å². The van der Waals surface area contributed by atoms with E-state index in [9.17, 15) is 19.5 Å². The molecule has 1 fully saturated rings. The Hall–Kier alpha value is -2.84. The van der Waals surface area contributed by atoms with Crippen LogP contribution in [0, 0.1) is 12.8 Å². The van der Waals surface area contributed by atoms with E-state index < -0.39 is 28.8 Å². The number of carbonyl (C=O) groups excluding carboxylic acids is 3. The van der Waals surface area contributed by atoms with Gasteiger partial charge >= 0.3 is 0 Å². The van der Waals surface area contributed by atoms with Gasteiger partial charge in [0.1, 0.15) is 6.04 Å². The van der Waals surface area contributed by atoms with Gasteiger partial charge in [-0.2, -0.15) is 0 Å². The highest BCUT2D eigenvalue weighted by molar-refractivity contribution is 8.00. The molecule has 4 atom stereocenters. The van der Waals surface area contributed by atoms with Crippen molar-refractivity contribution in [2.75, 3.05) is 5.88 Å². The van der Waals surface area contributed by atoms with Crippen molar-refractivity contribution in [3.05, 3.63) is 71.3 Å². The lowest BCUT2D eigenvalue weighted by atomic mass is 9.96. The van der Waals surface area contributed by atoms with Crippen LogP contribution in [0.2, 0.25) is 0 Å². The van der Waals surface area contributed by atoms with Gasteiger partial charge in [0, 0.05) is 17.2 Å². The van der Waals surface area contributed by atoms with Crippen molar-refractivity contribution in [2.45, 2.75) is 83.4 Å². The molecule has 3 rings (SSSR count). The molecule has 0 aliphatic carbocycles. The van der Waals surface area contributed by atoms with E-state index in [1.807, 2.05) is 89.2 Å². The van der Waals surface area contributed by atoms with Gasteiger partial charge < -0.3 is 20.6 Å². The molecule has 0 bridgehead atoms. The van der Waals surface area contributed by atoms with Crippen LogP contribution in [-0.2, 0) is 27.3 Å². The van der Waals surface area contributed by atoms with Crippen LogP contribution < -0.4 is 10.6 Å². The number of nitrogens with zero attached hydrogens (tertiary/aromatic N) is 1. The van der Waals surface area contributed by atoms with Gasteiger partial charge in [0.05, 0.1) is 11.9 Å². The van der Waals surface area contributed by atoms with E-state index in [4.69, 9.17) is 0 Å². The van der Waals surface area contributed by atoms with Crippen LogP contribution in [0.1, 0.15) is 57.2 Å². The zero-order valence-electron chi connectivity index (χ0n) is 23.1. The number of benzene rings is 2. The summed E-state index contributed by atoms with van der Waals surface area (Å²) in [6, 6.07) is 15.7. The predicted molar refractivity (Wildman–Crippen MR) is 152 cm³/mol. The molecule has 0 aromatic heterocycles. The highest BCUT2D eigenvalue weighted by atomic mass is 32.2. The van der Waals surface area contributed by atoms with E-state index in [-0.39, 0.29) is 23.6 Å². The molecule has 3 amide bonds. The molecule has 38 heavy (non-hydrogen) atoms. The summed E-state index contributed by atoms with van der Waals surface area (Å²) >= 11 is 1.50. The molecule has 8 heteroatoms. The van der Waals surface area contributed by atoms with Gasteiger partial charge in [-0.05, 0) is 50.3 Å². The molecular weight excluding hydrogens is 498 g/mol. The summed E-state index contributed by atoms with van der Waals surface area (Å²) in [4.78, 5) is 41.5. The Bertz CT molecular complexity index is 1110. The van der Waals surface area contributed by atoms with E-state index in [0.717, 1.165) is 23.1 Å². The Morgan fingerprint density at radius 1 is 1.11 bits per heavy atom. The topological polar surface area (TPSA) is 98.7 Å². The zero-order chi connectivity index (χ0) is 27.9. The minimum atomic E-state index is -1.49. The van der Waals surface area contributed by atoms with Gasteiger partial charge in [0.15, 0.2) is 6.10 Å². The average molecular weight is 540 g/mol. The van der Waals surface area contributed by atoms with E-state index >= 15 is 0 Å². The molecule has 1 heterocycles. The quantitative estimate of drug-likeness (QED) is 0.403. The van der Waals surface area contributed by atoms with Crippen molar-refractivity contribution in [3.63, 3.8) is 0 Å². The van der Waals surface area contributed by atoms with E-state index in [0.29, 0.717) is 19.4 Å². The van der Waals surface area contributed by atoms with Gasteiger partial charge in [-0.1, -0.05) is 74.9 Å². The van der Waals surface area contributed by atoms with Crippen LogP contribution in [0.4, 0.5) is 0 Å². The third-order valence-corrected chi connectivity index (χ3v) is 8.60. The summed E-state index contributed by atoms with van der Waals surface area (Å²) in [6.07, 6.45) is 0.383. The summed E-state index contributed by atoms with van der Waals surface area (Å²) in [6.45, 7) is 10.1. The number of carbonyl (C=O) groups is 3. The molecule has 1 aliphatic rings. The standard InChI is InChI=1S/C30H41N3O4S/c1-6-12-21(3)27(35)32-24(17-22-14-8-7-9-15-22)25(34)29(37)33-19-38-30(4,5)26(33)28(36)31-18-23-16-11-10-13-20(23)2/h7-11,13-16,21,24-26,34H,6,12,17-19H2,1-5H3,(H,31,36)(H,32,35)/t21?,24-,25-,26?/m0/s1. The summed E-state index contributed by atoms with van der Waals surface area (Å²) < 4.78 is -0.543. The number of nitrogens with one attached hydrogen (secondary N) is 2. The van der Waals surface area contributed by atoms with Crippen LogP contribution in [-0.4, -0.2) is 56.5 Å². The van der Waals surface area contributed by atoms with E-state index in [1.54, 1.807) is 0 Å². The van der Waals surface area contributed by atoms with Crippen LogP contribution in [0.5, 0.6) is 0 Å². The number of amides is 3. The molecule has 1 aliphatic heterocycles. The number of rotatable bonds is 11. The number of hydrogen-bond acceptors (Lipinski definition) is 5. The Morgan fingerprint density at radius 2 is 1.76 bits per heavy atom. The largest absolute Gasteiger partial charge is 0.381 e.